The minimum atomic E-state index is -1.69. The maximum absolute atomic E-state index is 13.4. The maximum Gasteiger partial charge on any atom is 0.489 e. The number of hydrogen-bond donors (Lipinski definition) is 2. The van der Waals surface area contributed by atoms with Gasteiger partial charge in [-0.3, -0.25) is 4.79 Å². The highest BCUT2D eigenvalue weighted by Gasteiger charge is 2.24. The van der Waals surface area contributed by atoms with Crippen LogP contribution in [-0.2, 0) is 0 Å². The minimum Gasteiger partial charge on any atom is -0.423 e. The lowest BCUT2D eigenvalue weighted by atomic mass is 9.79. The van der Waals surface area contributed by atoms with E-state index in [0.717, 1.165) is 51.6 Å². The van der Waals surface area contributed by atoms with E-state index in [-0.39, 0.29) is 16.4 Å². The van der Waals surface area contributed by atoms with Crippen molar-refractivity contribution in [2.75, 3.05) is 13.1 Å². The van der Waals surface area contributed by atoms with Gasteiger partial charge in [-0.05, 0) is 42.9 Å². The second-order valence-corrected chi connectivity index (χ2v) is 8.56. The van der Waals surface area contributed by atoms with Crippen LogP contribution < -0.4 is 5.46 Å². The molecule has 0 unspecified atom stereocenters. The Morgan fingerprint density at radius 2 is 1.52 bits per heavy atom. The summed E-state index contributed by atoms with van der Waals surface area (Å²) in [6.07, 6.45) is 9.03. The zero-order valence-electron chi connectivity index (χ0n) is 18.7. The van der Waals surface area contributed by atoms with Gasteiger partial charge in [0, 0.05) is 29.1 Å². The molecule has 1 aromatic carbocycles. The van der Waals surface area contributed by atoms with Crippen molar-refractivity contribution in [1.29, 1.82) is 0 Å². The third-order valence-electron chi connectivity index (χ3n) is 5.85. The average Bonchev–Trinajstić information content (AvgIpc) is 2.72. The van der Waals surface area contributed by atoms with Crippen molar-refractivity contribution in [1.82, 2.24) is 4.90 Å². The molecule has 0 aliphatic carbocycles. The highest BCUT2D eigenvalue weighted by atomic mass is 35.5. The number of unbranched alkanes of at least 4 members (excludes halogenated alkanes) is 2. The largest absolute Gasteiger partial charge is 0.489 e. The van der Waals surface area contributed by atoms with Gasteiger partial charge < -0.3 is 14.9 Å². The Morgan fingerprint density at radius 3 is 1.93 bits per heavy atom. The van der Waals surface area contributed by atoms with Crippen LogP contribution >= 0.6 is 11.6 Å². The Kier molecular flexibility index (Phi) is 12.6. The van der Waals surface area contributed by atoms with Crippen molar-refractivity contribution >= 4 is 30.1 Å². The van der Waals surface area contributed by atoms with Crippen LogP contribution in [0.3, 0.4) is 0 Å². The first-order valence-electron chi connectivity index (χ1n) is 11.3. The van der Waals surface area contributed by atoms with E-state index in [2.05, 4.69) is 27.7 Å². The number of carbonyl (C=O) groups is 1. The molecule has 1 amide bonds. The van der Waals surface area contributed by atoms with Crippen LogP contribution in [-0.4, -0.2) is 41.1 Å². The number of amides is 1. The molecule has 0 spiro atoms. The lowest BCUT2D eigenvalue weighted by Gasteiger charge is -2.31. The van der Waals surface area contributed by atoms with Crippen LogP contribution in [0.1, 0.15) is 89.4 Å². The van der Waals surface area contributed by atoms with Crippen LogP contribution in [0.2, 0.25) is 5.02 Å². The van der Waals surface area contributed by atoms with Gasteiger partial charge in [-0.15, -0.1) is 0 Å². The van der Waals surface area contributed by atoms with E-state index in [1.165, 1.54) is 18.9 Å². The number of benzene rings is 1. The Bertz CT molecular complexity index is 594. The van der Waals surface area contributed by atoms with Gasteiger partial charge in [0.15, 0.2) is 0 Å². The third-order valence-corrected chi connectivity index (χ3v) is 6.20. The predicted octanol–water partition coefficient (Wildman–Crippen LogP) is 4.89. The summed E-state index contributed by atoms with van der Waals surface area (Å²) < 4.78 is 0. The first-order chi connectivity index (χ1) is 13.9. The van der Waals surface area contributed by atoms with Gasteiger partial charge in [0.05, 0.1) is 0 Å². The van der Waals surface area contributed by atoms with Gasteiger partial charge in [-0.1, -0.05) is 77.8 Å². The Morgan fingerprint density at radius 1 is 1.00 bits per heavy atom. The second-order valence-electron chi connectivity index (χ2n) is 8.15. The molecule has 0 saturated carbocycles. The van der Waals surface area contributed by atoms with E-state index in [9.17, 15) is 14.8 Å². The van der Waals surface area contributed by atoms with Gasteiger partial charge in [0.2, 0.25) is 0 Å². The molecule has 1 aromatic rings. The molecule has 0 aliphatic heterocycles. The highest BCUT2D eigenvalue weighted by molar-refractivity contribution is 6.62. The van der Waals surface area contributed by atoms with Gasteiger partial charge in [0.1, 0.15) is 0 Å². The molecule has 0 saturated heterocycles. The monoisotopic (exact) mass is 423 g/mol. The summed E-state index contributed by atoms with van der Waals surface area (Å²) in [6.45, 7) is 10.3. The van der Waals surface area contributed by atoms with Gasteiger partial charge in [-0.25, -0.2) is 0 Å². The fourth-order valence-corrected chi connectivity index (χ4v) is 3.97. The molecule has 0 bridgehead atoms. The van der Waals surface area contributed by atoms with E-state index >= 15 is 0 Å². The van der Waals surface area contributed by atoms with E-state index in [4.69, 9.17) is 11.6 Å². The SMILES string of the molecule is CCCC[C@@H](CC)CN(C[C@H](CC)CCCC)C(=O)c1ccc(Cl)c(B(O)O)c1. The third kappa shape index (κ3) is 8.69. The lowest BCUT2D eigenvalue weighted by molar-refractivity contribution is 0.0685. The molecule has 0 fully saturated rings. The molecular formula is C23H39BClNO3. The highest BCUT2D eigenvalue weighted by Crippen LogP contribution is 2.21. The summed E-state index contributed by atoms with van der Waals surface area (Å²) in [4.78, 5) is 15.4. The summed E-state index contributed by atoms with van der Waals surface area (Å²) in [6, 6.07) is 4.77. The van der Waals surface area contributed by atoms with Crippen LogP contribution in [0, 0.1) is 11.8 Å². The molecule has 6 heteroatoms. The molecular weight excluding hydrogens is 385 g/mol. The molecule has 29 heavy (non-hydrogen) atoms. The quantitative estimate of drug-likeness (QED) is 0.419. The summed E-state index contributed by atoms with van der Waals surface area (Å²) in [5, 5.41) is 19.4. The van der Waals surface area contributed by atoms with Crippen LogP contribution in [0.15, 0.2) is 18.2 Å². The van der Waals surface area contributed by atoms with Crippen molar-refractivity contribution in [2.24, 2.45) is 11.8 Å². The molecule has 1 rings (SSSR count). The predicted molar refractivity (Wildman–Crippen MR) is 124 cm³/mol. The minimum absolute atomic E-state index is 0.0477. The standard InChI is InChI=1S/C23H39BClNO3/c1-5-9-11-18(7-3)16-26(17-19(8-4)12-10-6-2)23(27)20-13-14-22(25)21(15-20)24(28)29/h13-15,18-19,28-29H,5-12,16-17H2,1-4H3/t18-,19-/m1/s1. The fourth-order valence-electron chi connectivity index (χ4n) is 3.76. The Labute approximate surface area is 182 Å². The fraction of sp³-hybridized carbons (Fsp3) is 0.696. The van der Waals surface area contributed by atoms with E-state index in [1.807, 2.05) is 4.90 Å². The molecule has 2 N–H and O–H groups in total. The molecule has 164 valence electrons. The topological polar surface area (TPSA) is 60.8 Å². The second kappa shape index (κ2) is 14.1. The average molecular weight is 424 g/mol. The summed E-state index contributed by atoms with van der Waals surface area (Å²) in [5.41, 5.74) is 0.640. The van der Waals surface area contributed by atoms with Crippen molar-refractivity contribution in [3.63, 3.8) is 0 Å². The van der Waals surface area contributed by atoms with Crippen molar-refractivity contribution in [3.8, 4) is 0 Å². The number of hydrogen-bond acceptors (Lipinski definition) is 3. The van der Waals surface area contributed by atoms with Gasteiger partial charge >= 0.3 is 7.12 Å². The zero-order chi connectivity index (χ0) is 21.8. The number of nitrogens with zero attached hydrogens (tertiary/aromatic N) is 1. The normalized spacial score (nSPS) is 13.2. The van der Waals surface area contributed by atoms with Crippen LogP contribution in [0.5, 0.6) is 0 Å². The maximum atomic E-state index is 13.4. The Balaban J connectivity index is 3.10. The first kappa shape index (κ1) is 26.0. The van der Waals surface area contributed by atoms with Gasteiger partial charge in [0.25, 0.3) is 5.91 Å². The van der Waals surface area contributed by atoms with Crippen molar-refractivity contribution in [3.05, 3.63) is 28.8 Å². The molecule has 2 atom stereocenters. The lowest BCUT2D eigenvalue weighted by Crippen LogP contribution is -2.40. The number of carbonyl (C=O) groups excluding carboxylic acids is 1. The molecule has 0 heterocycles. The van der Waals surface area contributed by atoms with Gasteiger partial charge in [-0.2, -0.15) is 0 Å². The molecule has 0 aromatic heterocycles. The van der Waals surface area contributed by atoms with E-state index < -0.39 is 7.12 Å². The van der Waals surface area contributed by atoms with Crippen LogP contribution in [0.4, 0.5) is 0 Å². The number of halogens is 1. The zero-order valence-corrected chi connectivity index (χ0v) is 19.4. The Hall–Kier alpha value is -1.04. The molecule has 4 nitrogen and oxygen atoms in total. The van der Waals surface area contributed by atoms with Crippen molar-refractivity contribution in [2.45, 2.75) is 79.1 Å². The smallest absolute Gasteiger partial charge is 0.423 e. The van der Waals surface area contributed by atoms with Crippen molar-refractivity contribution < 1.29 is 14.8 Å². The molecule has 0 radical (unpaired) electrons. The molecule has 0 aliphatic rings. The van der Waals surface area contributed by atoms with E-state index in [1.54, 1.807) is 12.1 Å². The first-order valence-corrected chi connectivity index (χ1v) is 11.7. The summed E-state index contributed by atoms with van der Waals surface area (Å²) in [7, 11) is -1.69. The number of rotatable bonds is 14. The van der Waals surface area contributed by atoms with Crippen LogP contribution in [0.25, 0.3) is 0 Å². The summed E-state index contributed by atoms with van der Waals surface area (Å²) >= 11 is 6.06. The summed E-state index contributed by atoms with van der Waals surface area (Å²) in [5.74, 6) is 0.920. The van der Waals surface area contributed by atoms with E-state index in [0.29, 0.717) is 17.4 Å².